The van der Waals surface area contributed by atoms with Gasteiger partial charge in [-0.2, -0.15) is 13.5 Å². The quantitative estimate of drug-likeness (QED) is 0.325. The van der Waals surface area contributed by atoms with E-state index >= 15 is 0 Å². The first kappa shape index (κ1) is 29.1. The van der Waals surface area contributed by atoms with Gasteiger partial charge in [-0.25, -0.2) is 9.18 Å². The molecule has 2 aromatic carbocycles. The molecule has 0 aromatic heterocycles. The van der Waals surface area contributed by atoms with Crippen LogP contribution in [-0.2, 0) is 4.74 Å². The molecule has 0 bridgehead atoms. The number of carbonyl (C=O) groups is 1. The molecule has 1 heterocycles. The van der Waals surface area contributed by atoms with E-state index in [0.717, 1.165) is 49.9 Å². The molecule has 0 spiro atoms. The van der Waals surface area contributed by atoms with Gasteiger partial charge in [0.15, 0.2) is 0 Å². The second kappa shape index (κ2) is 11.9. The van der Waals surface area contributed by atoms with Crippen molar-refractivity contribution in [2.24, 2.45) is 5.92 Å². The van der Waals surface area contributed by atoms with Crippen LogP contribution in [-0.4, -0.2) is 36.2 Å². The summed E-state index contributed by atoms with van der Waals surface area (Å²) in [6.07, 6.45) is 4.05. The van der Waals surface area contributed by atoms with E-state index in [2.05, 4.69) is 11.8 Å². The second-order valence-electron chi connectivity index (χ2n) is 10.8. The molecule has 4 rings (SSSR count). The predicted molar refractivity (Wildman–Crippen MR) is 149 cm³/mol. The van der Waals surface area contributed by atoms with Crippen molar-refractivity contribution in [2.75, 3.05) is 19.7 Å². The summed E-state index contributed by atoms with van der Waals surface area (Å²) in [6.45, 7) is 9.93. The topological polar surface area (TPSA) is 38.8 Å². The molecule has 4 nitrogen and oxygen atoms in total. The van der Waals surface area contributed by atoms with E-state index in [1.807, 2.05) is 12.1 Å². The summed E-state index contributed by atoms with van der Waals surface area (Å²) >= 11 is 12.4. The zero-order chi connectivity index (χ0) is 25.3. The van der Waals surface area contributed by atoms with Crippen molar-refractivity contribution < 1.29 is 18.7 Å². The van der Waals surface area contributed by atoms with Crippen LogP contribution in [0.25, 0.3) is 0 Å². The SMILES string of the molecule is C[C@@H](c1cc(Cl)cc(Cl)c1)N1CCC(COc2cc(F)c(C(=O)OC(C)(C)C)cc2C2CC2)CC1.S. The summed E-state index contributed by atoms with van der Waals surface area (Å²) in [5.74, 6) is 0.0381. The van der Waals surface area contributed by atoms with E-state index in [1.54, 1.807) is 32.9 Å². The van der Waals surface area contributed by atoms with Crippen LogP contribution in [0.4, 0.5) is 4.39 Å². The van der Waals surface area contributed by atoms with Gasteiger partial charge in [-0.1, -0.05) is 23.2 Å². The van der Waals surface area contributed by atoms with Crippen LogP contribution in [0.3, 0.4) is 0 Å². The average Bonchev–Trinajstić information content (AvgIpc) is 3.61. The second-order valence-corrected chi connectivity index (χ2v) is 11.7. The van der Waals surface area contributed by atoms with E-state index in [1.165, 1.54) is 6.07 Å². The highest BCUT2D eigenvalue weighted by atomic mass is 35.5. The fourth-order valence-corrected chi connectivity index (χ4v) is 5.18. The zero-order valence-corrected chi connectivity index (χ0v) is 23.9. The Morgan fingerprint density at radius 3 is 2.22 bits per heavy atom. The highest BCUT2D eigenvalue weighted by Gasteiger charge is 2.31. The molecule has 2 aliphatic rings. The van der Waals surface area contributed by atoms with Gasteiger partial charge in [0.25, 0.3) is 0 Å². The smallest absolute Gasteiger partial charge is 0.341 e. The zero-order valence-electron chi connectivity index (χ0n) is 21.4. The van der Waals surface area contributed by atoms with Gasteiger partial charge < -0.3 is 9.47 Å². The molecule has 0 radical (unpaired) electrons. The molecule has 1 saturated heterocycles. The maximum absolute atomic E-state index is 14.9. The molecule has 1 aliphatic heterocycles. The fraction of sp³-hybridized carbons (Fsp3) is 0.536. The Hall–Kier alpha value is -1.47. The minimum atomic E-state index is -0.677. The number of piperidine rings is 1. The minimum absolute atomic E-state index is 0. The summed E-state index contributed by atoms with van der Waals surface area (Å²) < 4.78 is 26.4. The number of hydrogen-bond acceptors (Lipinski definition) is 4. The number of rotatable bonds is 7. The first-order valence-electron chi connectivity index (χ1n) is 12.4. The number of likely N-dealkylation sites (tertiary alicyclic amines) is 1. The summed E-state index contributed by atoms with van der Waals surface area (Å²) in [5.41, 5.74) is 1.34. The normalized spacial score (nSPS) is 17.9. The van der Waals surface area contributed by atoms with Crippen LogP contribution in [0.2, 0.25) is 10.0 Å². The van der Waals surface area contributed by atoms with E-state index in [-0.39, 0.29) is 25.1 Å². The fourth-order valence-electron chi connectivity index (χ4n) is 4.64. The maximum Gasteiger partial charge on any atom is 0.341 e. The molecule has 1 saturated carbocycles. The van der Waals surface area contributed by atoms with Crippen LogP contribution < -0.4 is 4.74 Å². The van der Waals surface area contributed by atoms with Crippen LogP contribution in [0.5, 0.6) is 5.75 Å². The minimum Gasteiger partial charge on any atom is -0.493 e. The van der Waals surface area contributed by atoms with Crippen LogP contribution in [0.15, 0.2) is 30.3 Å². The predicted octanol–water partition coefficient (Wildman–Crippen LogP) is 7.93. The van der Waals surface area contributed by atoms with E-state index in [0.29, 0.717) is 34.2 Å². The lowest BCUT2D eigenvalue weighted by atomic mass is 9.95. The number of hydrogen-bond donors (Lipinski definition) is 0. The molecular weight excluding hydrogens is 520 g/mol. The number of nitrogens with zero attached hydrogens (tertiary/aromatic N) is 1. The van der Waals surface area contributed by atoms with Gasteiger partial charge in [0.05, 0.1) is 12.2 Å². The van der Waals surface area contributed by atoms with Crippen LogP contribution >= 0.6 is 36.7 Å². The highest BCUT2D eigenvalue weighted by molar-refractivity contribution is 7.59. The molecule has 1 atom stereocenters. The van der Waals surface area contributed by atoms with Crippen molar-refractivity contribution in [2.45, 2.75) is 70.9 Å². The summed E-state index contributed by atoms with van der Waals surface area (Å²) in [7, 11) is 0. The van der Waals surface area contributed by atoms with Gasteiger partial charge in [-0.15, -0.1) is 0 Å². The number of esters is 1. The number of ether oxygens (including phenoxy) is 2. The lowest BCUT2D eigenvalue weighted by molar-refractivity contribution is 0.00645. The van der Waals surface area contributed by atoms with Gasteiger partial charge >= 0.3 is 5.97 Å². The van der Waals surface area contributed by atoms with Gasteiger partial charge in [0.2, 0.25) is 0 Å². The average molecular weight is 557 g/mol. The summed E-state index contributed by atoms with van der Waals surface area (Å²) in [5, 5.41) is 1.30. The monoisotopic (exact) mass is 555 g/mol. The lowest BCUT2D eigenvalue weighted by Gasteiger charge is -2.36. The molecule has 36 heavy (non-hydrogen) atoms. The molecule has 0 amide bonds. The Morgan fingerprint density at radius 1 is 1.06 bits per heavy atom. The number of carbonyl (C=O) groups excluding carboxylic acids is 1. The Labute approximate surface area is 230 Å². The Balaban J connectivity index is 0.00000361. The Morgan fingerprint density at radius 2 is 1.67 bits per heavy atom. The lowest BCUT2D eigenvalue weighted by Crippen LogP contribution is -2.37. The van der Waals surface area contributed by atoms with Crippen molar-refractivity contribution in [3.05, 3.63) is 62.9 Å². The molecule has 8 heteroatoms. The molecule has 0 N–H and O–H groups in total. The molecule has 198 valence electrons. The molecule has 2 aromatic rings. The third-order valence-electron chi connectivity index (χ3n) is 6.77. The van der Waals surface area contributed by atoms with Gasteiger partial charge in [0.1, 0.15) is 17.2 Å². The van der Waals surface area contributed by atoms with Crippen LogP contribution in [0.1, 0.15) is 86.8 Å². The maximum atomic E-state index is 14.9. The van der Waals surface area contributed by atoms with E-state index in [9.17, 15) is 9.18 Å². The standard InChI is InChI=1S/C28H34Cl2FNO3.H2S/c1-17(20-11-21(29)13-22(30)12-20)32-9-7-18(8-10-32)16-34-26-15-25(31)24(14-23(26)19-5-6-19)27(33)35-28(2,3)4;/h11-15,17-19H,5-10,16H2,1-4H3;1H2/t17-;/m0./s1. The van der Waals surface area contributed by atoms with Gasteiger partial charge in [-0.3, -0.25) is 4.90 Å². The van der Waals surface area contributed by atoms with Crippen LogP contribution in [0, 0.1) is 11.7 Å². The molecule has 0 unspecified atom stereocenters. The van der Waals surface area contributed by atoms with E-state index in [4.69, 9.17) is 32.7 Å². The Kier molecular flexibility index (Phi) is 9.64. The number of halogens is 3. The van der Waals surface area contributed by atoms with Crippen molar-refractivity contribution in [3.8, 4) is 5.75 Å². The van der Waals surface area contributed by atoms with E-state index < -0.39 is 17.4 Å². The number of benzene rings is 2. The summed E-state index contributed by atoms with van der Waals surface area (Å²) in [6, 6.07) is 8.93. The molecular formula is C28H36Cl2FNO3S. The highest BCUT2D eigenvalue weighted by Crippen LogP contribution is 2.45. The third-order valence-corrected chi connectivity index (χ3v) is 7.21. The third kappa shape index (κ3) is 7.53. The van der Waals surface area contributed by atoms with Gasteiger partial charge in [0, 0.05) is 22.2 Å². The largest absolute Gasteiger partial charge is 0.493 e. The van der Waals surface area contributed by atoms with Gasteiger partial charge in [-0.05, 0) is 114 Å². The molecule has 2 fully saturated rings. The van der Waals surface area contributed by atoms with Crippen molar-refractivity contribution in [1.82, 2.24) is 4.90 Å². The van der Waals surface area contributed by atoms with Crippen molar-refractivity contribution >= 4 is 42.7 Å². The first-order chi connectivity index (χ1) is 16.5. The van der Waals surface area contributed by atoms with Crippen molar-refractivity contribution in [1.29, 1.82) is 0 Å². The first-order valence-corrected chi connectivity index (χ1v) is 13.2. The Bertz CT molecular complexity index is 1060. The summed E-state index contributed by atoms with van der Waals surface area (Å²) in [4.78, 5) is 14.9. The van der Waals surface area contributed by atoms with Crippen molar-refractivity contribution in [3.63, 3.8) is 0 Å². The molecule has 1 aliphatic carbocycles.